The molecule has 31 heavy (non-hydrogen) atoms. The van der Waals surface area contributed by atoms with Crippen molar-refractivity contribution >= 4 is 23.6 Å². The summed E-state index contributed by atoms with van der Waals surface area (Å²) < 4.78 is 13.0. The molecule has 7 heteroatoms. The molecule has 0 radical (unpaired) electrons. The van der Waals surface area contributed by atoms with Gasteiger partial charge in [0, 0.05) is 24.2 Å². The third-order valence-electron chi connectivity index (χ3n) is 4.64. The zero-order chi connectivity index (χ0) is 22.2. The number of aromatic nitrogens is 1. The van der Waals surface area contributed by atoms with Gasteiger partial charge in [0.2, 0.25) is 5.91 Å². The zero-order valence-corrected chi connectivity index (χ0v) is 18.3. The standard InChI is InChI=1S/C24H24FN3O2S/c1-3-28(16-22(29)27-15-18-8-10-19(25)11-9-18)24(30)21-5-4-14-26-23(21)31-20-12-6-17(2)7-13-20/h4-14H,3,15-16H2,1-2H3,(H,27,29). The summed E-state index contributed by atoms with van der Waals surface area (Å²) in [6.07, 6.45) is 1.65. The highest BCUT2D eigenvalue weighted by molar-refractivity contribution is 7.99. The van der Waals surface area contributed by atoms with Crippen LogP contribution in [0.25, 0.3) is 0 Å². The molecule has 0 bridgehead atoms. The maximum absolute atomic E-state index is 13.1. The van der Waals surface area contributed by atoms with E-state index >= 15 is 0 Å². The van der Waals surface area contributed by atoms with Crippen molar-refractivity contribution in [2.24, 2.45) is 0 Å². The van der Waals surface area contributed by atoms with Crippen molar-refractivity contribution in [3.8, 4) is 0 Å². The Kier molecular flexibility index (Phi) is 7.78. The molecule has 0 aliphatic rings. The Bertz CT molecular complexity index is 1040. The topological polar surface area (TPSA) is 62.3 Å². The van der Waals surface area contributed by atoms with E-state index < -0.39 is 0 Å². The van der Waals surface area contributed by atoms with Crippen LogP contribution in [0.3, 0.4) is 0 Å². The summed E-state index contributed by atoms with van der Waals surface area (Å²) in [5.74, 6) is -0.855. The lowest BCUT2D eigenvalue weighted by molar-refractivity contribution is -0.121. The molecule has 3 aromatic rings. The summed E-state index contributed by atoms with van der Waals surface area (Å²) in [4.78, 5) is 32.4. The van der Waals surface area contributed by atoms with Crippen LogP contribution in [0, 0.1) is 12.7 Å². The van der Waals surface area contributed by atoms with Gasteiger partial charge in [-0.1, -0.05) is 41.6 Å². The summed E-state index contributed by atoms with van der Waals surface area (Å²) in [5, 5.41) is 3.37. The van der Waals surface area contributed by atoms with Crippen LogP contribution in [0.4, 0.5) is 4.39 Å². The number of amides is 2. The number of carbonyl (C=O) groups is 2. The van der Waals surface area contributed by atoms with Gasteiger partial charge in [0.05, 0.1) is 12.1 Å². The molecule has 160 valence electrons. The van der Waals surface area contributed by atoms with Gasteiger partial charge in [-0.25, -0.2) is 9.37 Å². The Morgan fingerprint density at radius 1 is 1.06 bits per heavy atom. The molecule has 0 aliphatic heterocycles. The number of carbonyl (C=O) groups excluding carboxylic acids is 2. The fourth-order valence-electron chi connectivity index (χ4n) is 2.88. The van der Waals surface area contributed by atoms with Gasteiger partial charge in [-0.3, -0.25) is 9.59 Å². The highest BCUT2D eigenvalue weighted by Crippen LogP contribution is 2.29. The first-order chi connectivity index (χ1) is 15.0. The van der Waals surface area contributed by atoms with Gasteiger partial charge < -0.3 is 10.2 Å². The number of nitrogens with one attached hydrogen (secondary N) is 1. The van der Waals surface area contributed by atoms with E-state index in [0.717, 1.165) is 16.0 Å². The van der Waals surface area contributed by atoms with E-state index in [9.17, 15) is 14.0 Å². The van der Waals surface area contributed by atoms with Crippen LogP contribution < -0.4 is 5.32 Å². The van der Waals surface area contributed by atoms with E-state index in [1.165, 1.54) is 28.8 Å². The Balaban J connectivity index is 1.66. The van der Waals surface area contributed by atoms with Crippen molar-refractivity contribution in [2.45, 2.75) is 30.3 Å². The fourth-order valence-corrected chi connectivity index (χ4v) is 3.76. The number of rotatable bonds is 8. The number of aryl methyl sites for hydroxylation is 1. The predicted molar refractivity (Wildman–Crippen MR) is 119 cm³/mol. The molecule has 2 aromatic carbocycles. The summed E-state index contributed by atoms with van der Waals surface area (Å²) in [5.41, 5.74) is 2.40. The van der Waals surface area contributed by atoms with Crippen molar-refractivity contribution in [1.82, 2.24) is 15.2 Å². The smallest absolute Gasteiger partial charge is 0.257 e. The van der Waals surface area contributed by atoms with E-state index in [4.69, 9.17) is 0 Å². The van der Waals surface area contributed by atoms with Gasteiger partial charge >= 0.3 is 0 Å². The van der Waals surface area contributed by atoms with Gasteiger partial charge in [-0.15, -0.1) is 0 Å². The Morgan fingerprint density at radius 3 is 2.45 bits per heavy atom. The second-order valence-electron chi connectivity index (χ2n) is 6.99. The maximum atomic E-state index is 13.1. The number of hydrogen-bond acceptors (Lipinski definition) is 4. The van der Waals surface area contributed by atoms with Crippen LogP contribution in [0.1, 0.15) is 28.4 Å². The Morgan fingerprint density at radius 2 is 1.77 bits per heavy atom. The Hall–Kier alpha value is -3.19. The SMILES string of the molecule is CCN(CC(=O)NCc1ccc(F)cc1)C(=O)c1cccnc1Sc1ccc(C)cc1. The second-order valence-corrected chi connectivity index (χ2v) is 8.06. The van der Waals surface area contributed by atoms with Gasteiger partial charge in [0.25, 0.3) is 5.91 Å². The van der Waals surface area contributed by atoms with Crippen molar-refractivity contribution in [3.63, 3.8) is 0 Å². The average Bonchev–Trinajstić information content (AvgIpc) is 2.78. The minimum atomic E-state index is -0.325. The molecule has 0 spiro atoms. The molecule has 0 unspecified atom stereocenters. The third kappa shape index (κ3) is 6.39. The lowest BCUT2D eigenvalue weighted by atomic mass is 10.2. The summed E-state index contributed by atoms with van der Waals surface area (Å²) in [6, 6.07) is 17.4. The quantitative estimate of drug-likeness (QED) is 0.565. The number of halogens is 1. The van der Waals surface area contributed by atoms with Crippen LogP contribution in [0.2, 0.25) is 0 Å². The number of likely N-dealkylation sites (N-methyl/N-ethyl adjacent to an activating group) is 1. The highest BCUT2D eigenvalue weighted by atomic mass is 32.2. The van der Waals surface area contributed by atoms with Crippen molar-refractivity contribution < 1.29 is 14.0 Å². The first kappa shape index (κ1) is 22.5. The molecule has 0 atom stereocenters. The second kappa shape index (κ2) is 10.7. The molecule has 0 saturated carbocycles. The average molecular weight is 438 g/mol. The highest BCUT2D eigenvalue weighted by Gasteiger charge is 2.21. The van der Waals surface area contributed by atoms with Gasteiger partial charge in [-0.05, 0) is 55.8 Å². The van der Waals surface area contributed by atoms with Crippen molar-refractivity contribution in [3.05, 3.63) is 89.4 Å². The molecular formula is C24H24FN3O2S. The predicted octanol–water partition coefficient (Wildman–Crippen LogP) is 4.46. The third-order valence-corrected chi connectivity index (χ3v) is 5.67. The maximum Gasteiger partial charge on any atom is 0.257 e. The molecule has 5 nitrogen and oxygen atoms in total. The van der Waals surface area contributed by atoms with Crippen LogP contribution in [0.15, 0.2) is 76.8 Å². The molecule has 1 aromatic heterocycles. The van der Waals surface area contributed by atoms with Crippen LogP contribution in [0.5, 0.6) is 0 Å². The van der Waals surface area contributed by atoms with E-state index in [1.807, 2.05) is 38.1 Å². The Labute approximate surface area is 185 Å². The molecule has 0 fully saturated rings. The lowest BCUT2D eigenvalue weighted by Crippen LogP contribution is -2.40. The zero-order valence-electron chi connectivity index (χ0n) is 17.5. The minimum Gasteiger partial charge on any atom is -0.350 e. The van der Waals surface area contributed by atoms with Crippen LogP contribution in [-0.2, 0) is 11.3 Å². The van der Waals surface area contributed by atoms with Gasteiger partial charge in [0.15, 0.2) is 0 Å². The molecule has 1 heterocycles. The molecule has 2 amide bonds. The molecule has 0 aliphatic carbocycles. The first-order valence-corrected chi connectivity index (χ1v) is 10.8. The number of nitrogens with zero attached hydrogens (tertiary/aromatic N) is 2. The summed E-state index contributed by atoms with van der Waals surface area (Å²) in [7, 11) is 0. The van der Waals surface area contributed by atoms with E-state index in [0.29, 0.717) is 17.1 Å². The van der Waals surface area contributed by atoms with Gasteiger partial charge in [-0.2, -0.15) is 0 Å². The molecule has 0 saturated heterocycles. The minimum absolute atomic E-state index is 0.0694. The van der Waals surface area contributed by atoms with Crippen molar-refractivity contribution in [1.29, 1.82) is 0 Å². The number of benzene rings is 2. The van der Waals surface area contributed by atoms with E-state index in [1.54, 1.807) is 30.5 Å². The molecular weight excluding hydrogens is 413 g/mol. The summed E-state index contributed by atoms with van der Waals surface area (Å²) >= 11 is 1.42. The summed E-state index contributed by atoms with van der Waals surface area (Å²) in [6.45, 7) is 4.43. The van der Waals surface area contributed by atoms with Crippen molar-refractivity contribution in [2.75, 3.05) is 13.1 Å². The number of hydrogen-bond donors (Lipinski definition) is 1. The van der Waals surface area contributed by atoms with Crippen LogP contribution >= 0.6 is 11.8 Å². The molecule has 1 N–H and O–H groups in total. The fraction of sp³-hybridized carbons (Fsp3) is 0.208. The largest absolute Gasteiger partial charge is 0.350 e. The van der Waals surface area contributed by atoms with E-state index in [2.05, 4.69) is 10.3 Å². The van der Waals surface area contributed by atoms with Crippen LogP contribution in [-0.4, -0.2) is 34.8 Å². The van der Waals surface area contributed by atoms with Gasteiger partial charge in [0.1, 0.15) is 10.8 Å². The first-order valence-electron chi connectivity index (χ1n) is 9.96. The molecule has 3 rings (SSSR count). The normalized spacial score (nSPS) is 10.5. The monoisotopic (exact) mass is 437 g/mol. The van der Waals surface area contributed by atoms with E-state index in [-0.39, 0.29) is 30.7 Å². The number of pyridine rings is 1. The lowest BCUT2D eigenvalue weighted by Gasteiger charge is -2.21.